The number of ether oxygens (including phenoxy) is 1. The Kier molecular flexibility index (Phi) is 2.18. The van der Waals surface area contributed by atoms with Crippen molar-refractivity contribution in [3.05, 3.63) is 34.6 Å². The van der Waals surface area contributed by atoms with Crippen LogP contribution in [0.4, 0.5) is 4.39 Å². The summed E-state index contributed by atoms with van der Waals surface area (Å²) >= 11 is 5.74. The first-order valence-electron chi connectivity index (χ1n) is 4.12. The molecule has 0 saturated carbocycles. The molecule has 0 aromatic heterocycles. The molecule has 0 atom stereocenters. The molecule has 0 radical (unpaired) electrons. The third-order valence-corrected chi connectivity index (χ3v) is 2.59. The lowest BCUT2D eigenvalue weighted by molar-refractivity contribution is -0.0313. The van der Waals surface area contributed by atoms with Crippen molar-refractivity contribution in [1.82, 2.24) is 0 Å². The van der Waals surface area contributed by atoms with E-state index < -0.39 is 11.2 Å². The van der Waals surface area contributed by atoms with Gasteiger partial charge in [0.15, 0.2) is 0 Å². The largest absolute Gasteiger partial charge is 0.377 e. The Morgan fingerprint density at radius 3 is 2.71 bits per heavy atom. The van der Waals surface area contributed by atoms with Crippen LogP contribution in [0, 0.1) is 17.1 Å². The van der Waals surface area contributed by atoms with Gasteiger partial charge in [0.25, 0.3) is 0 Å². The van der Waals surface area contributed by atoms with Crippen LogP contribution in [0.3, 0.4) is 0 Å². The van der Waals surface area contributed by atoms with Gasteiger partial charge in [-0.2, -0.15) is 5.26 Å². The summed E-state index contributed by atoms with van der Waals surface area (Å²) in [5.41, 5.74) is -0.506. The fourth-order valence-corrected chi connectivity index (χ4v) is 1.62. The number of halogens is 2. The number of hydrogen-bond donors (Lipinski definition) is 0. The molecule has 72 valence electrons. The van der Waals surface area contributed by atoms with Gasteiger partial charge in [-0.25, -0.2) is 4.39 Å². The molecule has 0 spiro atoms. The minimum Gasteiger partial charge on any atom is -0.377 e. The molecule has 2 nitrogen and oxygen atoms in total. The third kappa shape index (κ3) is 1.28. The first kappa shape index (κ1) is 9.45. The van der Waals surface area contributed by atoms with E-state index in [9.17, 15) is 4.39 Å². The van der Waals surface area contributed by atoms with Gasteiger partial charge in [-0.15, -0.1) is 0 Å². The van der Waals surface area contributed by atoms with Gasteiger partial charge in [0.2, 0.25) is 0 Å². The molecule has 4 heteroatoms. The van der Waals surface area contributed by atoms with E-state index in [2.05, 4.69) is 6.07 Å². The van der Waals surface area contributed by atoms with Gasteiger partial charge in [0, 0.05) is 10.6 Å². The van der Waals surface area contributed by atoms with Gasteiger partial charge < -0.3 is 4.74 Å². The maximum absolute atomic E-state index is 13.4. The average molecular weight is 212 g/mol. The van der Waals surface area contributed by atoms with E-state index in [1.54, 1.807) is 0 Å². The summed E-state index contributed by atoms with van der Waals surface area (Å²) in [4.78, 5) is 0. The highest BCUT2D eigenvalue weighted by Crippen LogP contribution is 2.34. The number of nitrogens with zero attached hydrogens (tertiary/aromatic N) is 1. The molecule has 1 aromatic carbocycles. The van der Waals surface area contributed by atoms with Crippen LogP contribution in [0.25, 0.3) is 0 Å². The van der Waals surface area contributed by atoms with E-state index in [4.69, 9.17) is 21.6 Å². The van der Waals surface area contributed by atoms with E-state index in [1.807, 2.05) is 0 Å². The summed E-state index contributed by atoms with van der Waals surface area (Å²) < 4.78 is 18.4. The highest BCUT2D eigenvalue weighted by atomic mass is 35.5. The SMILES string of the molecule is N#CC1(c2cc(Cl)ccc2F)COC1. The molecule has 14 heavy (non-hydrogen) atoms. The van der Waals surface area contributed by atoms with Crippen molar-refractivity contribution in [3.63, 3.8) is 0 Å². The monoisotopic (exact) mass is 211 g/mol. The van der Waals surface area contributed by atoms with Crippen LogP contribution in [0.5, 0.6) is 0 Å². The highest BCUT2D eigenvalue weighted by Gasteiger charge is 2.42. The second kappa shape index (κ2) is 3.23. The van der Waals surface area contributed by atoms with E-state index in [-0.39, 0.29) is 13.2 Å². The van der Waals surface area contributed by atoms with E-state index in [1.165, 1.54) is 18.2 Å². The van der Waals surface area contributed by atoms with Crippen molar-refractivity contribution >= 4 is 11.6 Å². The van der Waals surface area contributed by atoms with E-state index in [0.717, 1.165) is 0 Å². The molecule has 0 aliphatic carbocycles. The van der Waals surface area contributed by atoms with Crippen LogP contribution in [0.15, 0.2) is 18.2 Å². The van der Waals surface area contributed by atoms with Gasteiger partial charge in [-0.1, -0.05) is 11.6 Å². The fourth-order valence-electron chi connectivity index (χ4n) is 1.45. The van der Waals surface area contributed by atoms with Crippen molar-refractivity contribution in [2.45, 2.75) is 5.41 Å². The zero-order valence-corrected chi connectivity index (χ0v) is 8.01. The maximum atomic E-state index is 13.4. The quantitative estimate of drug-likeness (QED) is 0.714. The summed E-state index contributed by atoms with van der Waals surface area (Å²) in [6.45, 7) is 0.474. The molecular weight excluding hydrogens is 205 g/mol. The molecule has 0 bridgehead atoms. The van der Waals surface area contributed by atoms with Crippen molar-refractivity contribution in [3.8, 4) is 6.07 Å². The molecule has 1 aromatic rings. The minimum atomic E-state index is -0.838. The Labute approximate surface area is 85.9 Å². The highest BCUT2D eigenvalue weighted by molar-refractivity contribution is 6.30. The van der Waals surface area contributed by atoms with Gasteiger partial charge in [-0.3, -0.25) is 0 Å². The van der Waals surface area contributed by atoms with Crippen LogP contribution in [0.2, 0.25) is 5.02 Å². The summed E-state index contributed by atoms with van der Waals surface area (Å²) in [5.74, 6) is -0.403. The molecule has 1 heterocycles. The van der Waals surface area contributed by atoms with Gasteiger partial charge >= 0.3 is 0 Å². The Hall–Kier alpha value is -1.11. The number of rotatable bonds is 1. The lowest BCUT2D eigenvalue weighted by atomic mass is 9.80. The van der Waals surface area contributed by atoms with Gasteiger partial charge in [-0.05, 0) is 18.2 Å². The molecule has 0 unspecified atom stereocenters. The molecule has 1 aliphatic heterocycles. The van der Waals surface area contributed by atoms with Crippen LogP contribution in [0.1, 0.15) is 5.56 Å². The summed E-state index contributed by atoms with van der Waals surface area (Å²) in [7, 11) is 0. The van der Waals surface area contributed by atoms with Crippen molar-refractivity contribution < 1.29 is 9.13 Å². The maximum Gasteiger partial charge on any atom is 0.131 e. The zero-order valence-electron chi connectivity index (χ0n) is 7.26. The smallest absolute Gasteiger partial charge is 0.131 e. The predicted molar refractivity (Wildman–Crippen MR) is 49.5 cm³/mol. The van der Waals surface area contributed by atoms with Gasteiger partial charge in [0.1, 0.15) is 11.2 Å². The summed E-state index contributed by atoms with van der Waals surface area (Å²) in [6, 6.07) is 6.30. The number of benzene rings is 1. The van der Waals surface area contributed by atoms with Crippen molar-refractivity contribution in [1.29, 1.82) is 5.26 Å². The normalized spacial score (nSPS) is 18.4. The van der Waals surface area contributed by atoms with Crippen molar-refractivity contribution in [2.24, 2.45) is 0 Å². The molecule has 2 rings (SSSR count). The van der Waals surface area contributed by atoms with Crippen LogP contribution >= 0.6 is 11.6 Å². The average Bonchev–Trinajstić information content (AvgIpc) is 2.10. The molecular formula is C10H7ClFNO. The Balaban J connectivity index is 2.50. The molecule has 1 aliphatic rings. The summed E-state index contributed by atoms with van der Waals surface area (Å²) in [6.07, 6.45) is 0. The van der Waals surface area contributed by atoms with E-state index in [0.29, 0.717) is 10.6 Å². The van der Waals surface area contributed by atoms with Gasteiger partial charge in [0.05, 0.1) is 19.3 Å². The fraction of sp³-hybridized carbons (Fsp3) is 0.300. The zero-order chi connectivity index (χ0) is 10.2. The molecule has 1 fully saturated rings. The standard InChI is InChI=1S/C10H7ClFNO/c11-7-1-2-9(12)8(3-7)10(4-13)5-14-6-10/h1-3H,5-6H2. The van der Waals surface area contributed by atoms with Crippen LogP contribution < -0.4 is 0 Å². The third-order valence-electron chi connectivity index (χ3n) is 2.35. The lowest BCUT2D eigenvalue weighted by Crippen LogP contribution is -2.46. The van der Waals surface area contributed by atoms with Crippen molar-refractivity contribution in [2.75, 3.05) is 13.2 Å². The second-order valence-corrected chi connectivity index (χ2v) is 3.75. The van der Waals surface area contributed by atoms with E-state index >= 15 is 0 Å². The topological polar surface area (TPSA) is 33.0 Å². The predicted octanol–water partition coefficient (Wildman–Crippen LogP) is 2.27. The molecule has 1 saturated heterocycles. The minimum absolute atomic E-state index is 0.237. The molecule has 0 amide bonds. The lowest BCUT2D eigenvalue weighted by Gasteiger charge is -2.35. The number of hydrogen-bond acceptors (Lipinski definition) is 2. The van der Waals surface area contributed by atoms with Crippen LogP contribution in [-0.4, -0.2) is 13.2 Å². The summed E-state index contributed by atoms with van der Waals surface area (Å²) in [5, 5.41) is 9.40. The molecule has 0 N–H and O–H groups in total. The number of nitriles is 1. The Bertz CT molecular complexity index is 409. The first-order valence-corrected chi connectivity index (χ1v) is 4.50. The van der Waals surface area contributed by atoms with Crippen LogP contribution in [-0.2, 0) is 10.2 Å². The Morgan fingerprint density at radius 1 is 1.50 bits per heavy atom. The Morgan fingerprint density at radius 2 is 2.21 bits per heavy atom. The second-order valence-electron chi connectivity index (χ2n) is 3.31. The first-order chi connectivity index (χ1) is 6.68.